The first-order chi connectivity index (χ1) is 16.4. The molecule has 0 spiro atoms. The molecule has 0 unspecified atom stereocenters. The molecule has 3 amide bonds. The van der Waals surface area contributed by atoms with E-state index in [1.165, 1.54) is 4.90 Å². The number of imide groups is 1. The summed E-state index contributed by atoms with van der Waals surface area (Å²) in [6.45, 7) is 4.73. The largest absolute Gasteiger partial charge is 0.504 e. The molecule has 1 atom stereocenters. The summed E-state index contributed by atoms with van der Waals surface area (Å²) in [7, 11) is 3.16. The molecule has 34 heavy (non-hydrogen) atoms. The van der Waals surface area contributed by atoms with Crippen LogP contribution in [0.1, 0.15) is 30.9 Å². The SMILES string of the molecule is CCOc1cc(CN2CCC([C@]3(Cc4cccc(OC)c4)NC(=O)N(C)C3=O)CC2)ccc1O. The third-order valence-corrected chi connectivity index (χ3v) is 6.95. The van der Waals surface area contributed by atoms with E-state index in [4.69, 9.17) is 9.47 Å². The van der Waals surface area contributed by atoms with Crippen molar-refractivity contribution in [3.8, 4) is 17.2 Å². The molecule has 2 aromatic rings. The minimum Gasteiger partial charge on any atom is -0.504 e. The first kappa shape index (κ1) is 23.9. The molecule has 0 radical (unpaired) electrons. The fourth-order valence-corrected chi connectivity index (χ4v) is 5.13. The number of phenols is 1. The van der Waals surface area contributed by atoms with E-state index in [9.17, 15) is 14.7 Å². The molecule has 0 aliphatic carbocycles. The zero-order valence-corrected chi connectivity index (χ0v) is 20.0. The highest BCUT2D eigenvalue weighted by atomic mass is 16.5. The highest BCUT2D eigenvalue weighted by Gasteiger charge is 2.54. The second-order valence-corrected chi connectivity index (χ2v) is 9.08. The van der Waals surface area contributed by atoms with Gasteiger partial charge in [-0.05, 0) is 74.2 Å². The van der Waals surface area contributed by atoms with Crippen molar-refractivity contribution < 1.29 is 24.2 Å². The van der Waals surface area contributed by atoms with E-state index in [0.29, 0.717) is 18.8 Å². The summed E-state index contributed by atoms with van der Waals surface area (Å²) in [4.78, 5) is 29.4. The molecule has 2 aliphatic rings. The fourth-order valence-electron chi connectivity index (χ4n) is 5.13. The molecule has 8 heteroatoms. The lowest BCUT2D eigenvalue weighted by Gasteiger charge is -2.41. The standard InChI is InChI=1S/C26H33N3O5/c1-4-34-23-15-19(8-9-22(23)30)17-29-12-10-20(11-13-29)26(24(31)28(2)25(32)27-26)16-18-6-5-7-21(14-18)33-3/h5-9,14-15,20,30H,4,10-13,16-17H2,1-3H3,(H,27,32)/t26-/m0/s1. The van der Waals surface area contributed by atoms with Crippen molar-refractivity contribution >= 4 is 11.9 Å². The van der Waals surface area contributed by atoms with Gasteiger partial charge in [0, 0.05) is 20.0 Å². The maximum absolute atomic E-state index is 13.4. The van der Waals surface area contributed by atoms with Crippen molar-refractivity contribution in [3.05, 3.63) is 53.6 Å². The zero-order valence-electron chi connectivity index (χ0n) is 20.0. The molecule has 0 aromatic heterocycles. The van der Waals surface area contributed by atoms with Crippen LogP contribution in [0.2, 0.25) is 0 Å². The smallest absolute Gasteiger partial charge is 0.324 e. The highest BCUT2D eigenvalue weighted by Crippen LogP contribution is 2.37. The van der Waals surface area contributed by atoms with Crippen LogP contribution in [0.5, 0.6) is 17.2 Å². The van der Waals surface area contributed by atoms with Crippen molar-refractivity contribution in [1.29, 1.82) is 0 Å². The zero-order chi connectivity index (χ0) is 24.3. The van der Waals surface area contributed by atoms with Crippen LogP contribution in [-0.4, -0.2) is 66.2 Å². The number of methoxy groups -OCH3 is 1. The Bertz CT molecular complexity index is 1050. The minimum atomic E-state index is -0.953. The van der Waals surface area contributed by atoms with Crippen LogP contribution < -0.4 is 14.8 Å². The second-order valence-electron chi connectivity index (χ2n) is 9.08. The topological polar surface area (TPSA) is 91.3 Å². The molecule has 2 aromatic carbocycles. The number of piperidine rings is 1. The summed E-state index contributed by atoms with van der Waals surface area (Å²) < 4.78 is 10.9. The average molecular weight is 468 g/mol. The van der Waals surface area contributed by atoms with Crippen molar-refractivity contribution in [1.82, 2.24) is 15.1 Å². The van der Waals surface area contributed by atoms with Gasteiger partial charge in [0.15, 0.2) is 11.5 Å². The van der Waals surface area contributed by atoms with Gasteiger partial charge in [-0.2, -0.15) is 0 Å². The van der Waals surface area contributed by atoms with E-state index in [1.807, 2.05) is 43.3 Å². The summed E-state index contributed by atoms with van der Waals surface area (Å²) in [5.74, 6) is 1.22. The number of phenolic OH excluding ortho intramolecular Hbond substituents is 1. The monoisotopic (exact) mass is 467 g/mol. The summed E-state index contributed by atoms with van der Waals surface area (Å²) in [6.07, 6.45) is 2.01. The summed E-state index contributed by atoms with van der Waals surface area (Å²) in [6, 6.07) is 12.8. The number of hydrogen-bond acceptors (Lipinski definition) is 6. The number of amides is 3. The Hall–Kier alpha value is -3.26. The molecule has 0 bridgehead atoms. The van der Waals surface area contributed by atoms with Gasteiger partial charge in [0.1, 0.15) is 11.3 Å². The summed E-state index contributed by atoms with van der Waals surface area (Å²) >= 11 is 0. The number of urea groups is 1. The average Bonchev–Trinajstić information content (AvgIpc) is 3.06. The molecular formula is C26H33N3O5. The maximum atomic E-state index is 13.4. The Kier molecular flexibility index (Phi) is 6.97. The number of carbonyl (C=O) groups is 2. The molecule has 2 heterocycles. The number of likely N-dealkylation sites (tertiary alicyclic amines) is 1. The predicted octanol–water partition coefficient (Wildman–Crippen LogP) is 3.17. The Labute approximate surface area is 200 Å². The number of nitrogens with one attached hydrogen (secondary N) is 1. The number of likely N-dealkylation sites (N-methyl/N-ethyl adjacent to an activating group) is 1. The molecular weight excluding hydrogens is 434 g/mol. The third kappa shape index (κ3) is 4.68. The first-order valence-corrected chi connectivity index (χ1v) is 11.8. The van der Waals surface area contributed by atoms with Crippen LogP contribution in [0, 0.1) is 5.92 Å². The van der Waals surface area contributed by atoms with Gasteiger partial charge >= 0.3 is 6.03 Å². The Morgan fingerprint density at radius 3 is 2.53 bits per heavy atom. The lowest BCUT2D eigenvalue weighted by molar-refractivity contribution is -0.133. The van der Waals surface area contributed by atoms with E-state index < -0.39 is 5.54 Å². The lowest BCUT2D eigenvalue weighted by atomic mass is 9.74. The van der Waals surface area contributed by atoms with Crippen molar-refractivity contribution in [2.45, 2.75) is 38.3 Å². The van der Waals surface area contributed by atoms with E-state index >= 15 is 0 Å². The van der Waals surface area contributed by atoms with E-state index in [2.05, 4.69) is 10.2 Å². The van der Waals surface area contributed by atoms with Gasteiger partial charge in [0.25, 0.3) is 5.91 Å². The Morgan fingerprint density at radius 1 is 1.12 bits per heavy atom. The molecule has 2 fully saturated rings. The number of aromatic hydroxyl groups is 1. The van der Waals surface area contributed by atoms with Gasteiger partial charge in [0.2, 0.25) is 0 Å². The van der Waals surface area contributed by atoms with E-state index in [1.54, 1.807) is 20.2 Å². The van der Waals surface area contributed by atoms with Crippen molar-refractivity contribution in [2.24, 2.45) is 5.92 Å². The molecule has 4 rings (SSSR count). The highest BCUT2D eigenvalue weighted by molar-refractivity contribution is 6.07. The van der Waals surface area contributed by atoms with Crippen LogP contribution >= 0.6 is 0 Å². The van der Waals surface area contributed by atoms with Crippen LogP contribution in [-0.2, 0) is 17.8 Å². The second kappa shape index (κ2) is 9.93. The number of carbonyl (C=O) groups excluding carboxylic acids is 2. The molecule has 2 aliphatic heterocycles. The quantitative estimate of drug-likeness (QED) is 0.580. The van der Waals surface area contributed by atoms with Crippen LogP contribution in [0.25, 0.3) is 0 Å². The summed E-state index contributed by atoms with van der Waals surface area (Å²) in [5, 5.41) is 13.0. The van der Waals surface area contributed by atoms with Crippen LogP contribution in [0.3, 0.4) is 0 Å². The van der Waals surface area contributed by atoms with Gasteiger partial charge in [-0.3, -0.25) is 14.6 Å². The molecule has 0 saturated carbocycles. The van der Waals surface area contributed by atoms with E-state index in [-0.39, 0.29) is 23.6 Å². The minimum absolute atomic E-state index is 0.0233. The van der Waals surface area contributed by atoms with Gasteiger partial charge in [-0.25, -0.2) is 4.79 Å². The van der Waals surface area contributed by atoms with Crippen molar-refractivity contribution in [2.75, 3.05) is 33.9 Å². The summed E-state index contributed by atoms with van der Waals surface area (Å²) in [5.41, 5.74) is 1.07. The molecule has 182 valence electrons. The molecule has 8 nitrogen and oxygen atoms in total. The first-order valence-electron chi connectivity index (χ1n) is 11.8. The van der Waals surface area contributed by atoms with Crippen LogP contribution in [0.15, 0.2) is 42.5 Å². The van der Waals surface area contributed by atoms with Gasteiger partial charge < -0.3 is 19.9 Å². The number of benzene rings is 2. The number of rotatable bonds is 8. The molecule has 2 saturated heterocycles. The van der Waals surface area contributed by atoms with Gasteiger partial charge in [-0.1, -0.05) is 18.2 Å². The van der Waals surface area contributed by atoms with Crippen LogP contribution in [0.4, 0.5) is 4.79 Å². The number of nitrogens with zero attached hydrogens (tertiary/aromatic N) is 2. The number of hydrogen-bond donors (Lipinski definition) is 2. The van der Waals surface area contributed by atoms with Crippen molar-refractivity contribution in [3.63, 3.8) is 0 Å². The lowest BCUT2D eigenvalue weighted by Crippen LogP contribution is -2.57. The maximum Gasteiger partial charge on any atom is 0.324 e. The van der Waals surface area contributed by atoms with E-state index in [0.717, 1.165) is 49.4 Å². The molecule has 2 N–H and O–H groups in total. The fraction of sp³-hybridized carbons (Fsp3) is 0.462. The predicted molar refractivity (Wildman–Crippen MR) is 128 cm³/mol. The van der Waals surface area contributed by atoms with Gasteiger partial charge in [0.05, 0.1) is 13.7 Å². The number of ether oxygens (including phenoxy) is 2. The van der Waals surface area contributed by atoms with Gasteiger partial charge in [-0.15, -0.1) is 0 Å². The Morgan fingerprint density at radius 2 is 1.88 bits per heavy atom. The Balaban J connectivity index is 1.49. The normalized spacial score (nSPS) is 21.6. The third-order valence-electron chi connectivity index (χ3n) is 6.95.